The lowest BCUT2D eigenvalue weighted by Crippen LogP contribution is -2.18. The molecular formula is C8H15N. The van der Waals surface area contributed by atoms with Gasteiger partial charge in [-0.1, -0.05) is 26.0 Å². The minimum absolute atomic E-state index is 0.519. The van der Waals surface area contributed by atoms with Crippen LogP contribution in [0.3, 0.4) is 0 Å². The van der Waals surface area contributed by atoms with Crippen LogP contribution >= 0.6 is 0 Å². The molecule has 1 N–H and O–H groups in total. The van der Waals surface area contributed by atoms with Crippen LogP contribution in [0.1, 0.15) is 20.8 Å². The fourth-order valence-electron chi connectivity index (χ4n) is 0.549. The van der Waals surface area contributed by atoms with Crippen LogP contribution in [0.5, 0.6) is 0 Å². The molecule has 0 fully saturated rings. The van der Waals surface area contributed by atoms with Crippen molar-refractivity contribution in [2.45, 2.75) is 26.8 Å². The van der Waals surface area contributed by atoms with E-state index in [1.807, 2.05) is 32.2 Å². The molecule has 1 heteroatoms. The van der Waals surface area contributed by atoms with Crippen molar-refractivity contribution in [2.24, 2.45) is 0 Å². The van der Waals surface area contributed by atoms with Crippen LogP contribution in [0.2, 0.25) is 0 Å². The molecule has 0 aliphatic carbocycles. The van der Waals surface area contributed by atoms with Gasteiger partial charge in [0.2, 0.25) is 0 Å². The van der Waals surface area contributed by atoms with E-state index in [1.165, 1.54) is 0 Å². The van der Waals surface area contributed by atoms with Crippen molar-refractivity contribution in [1.29, 1.82) is 0 Å². The third kappa shape index (κ3) is 3.83. The summed E-state index contributed by atoms with van der Waals surface area (Å²) in [7, 11) is 0. The second kappa shape index (κ2) is 5.42. The van der Waals surface area contributed by atoms with Crippen molar-refractivity contribution < 1.29 is 0 Å². The topological polar surface area (TPSA) is 12.0 Å². The third-order valence-corrected chi connectivity index (χ3v) is 0.966. The minimum atomic E-state index is 0.519. The highest BCUT2D eigenvalue weighted by molar-refractivity contribution is 5.10. The summed E-state index contributed by atoms with van der Waals surface area (Å²) < 4.78 is 0. The Balaban J connectivity index is 0.000000291. The quantitative estimate of drug-likeness (QED) is 0.522. The van der Waals surface area contributed by atoms with Gasteiger partial charge in [0.25, 0.3) is 0 Å². The molecular weight excluding hydrogens is 110 g/mol. The predicted molar refractivity (Wildman–Crippen MR) is 42.2 cm³/mol. The first kappa shape index (κ1) is 8.28. The Morgan fingerprint density at radius 2 is 1.89 bits per heavy atom. The van der Waals surface area contributed by atoms with Crippen molar-refractivity contribution in [3.63, 3.8) is 0 Å². The second-order valence-corrected chi connectivity index (χ2v) is 1.70. The van der Waals surface area contributed by atoms with Gasteiger partial charge in [0.1, 0.15) is 0 Å². The normalized spacial score (nSPS) is 21.9. The molecule has 0 radical (unpaired) electrons. The molecule has 1 rings (SSSR count). The molecule has 0 saturated heterocycles. The van der Waals surface area contributed by atoms with Crippen LogP contribution < -0.4 is 5.32 Å². The summed E-state index contributed by atoms with van der Waals surface area (Å²) in [5, 5.41) is 3.11. The zero-order valence-corrected chi connectivity index (χ0v) is 6.39. The number of hydrogen-bond acceptors (Lipinski definition) is 1. The maximum absolute atomic E-state index is 3.11. The molecule has 1 nitrogen and oxygen atoms in total. The van der Waals surface area contributed by atoms with E-state index in [9.17, 15) is 0 Å². The average Bonchev–Trinajstić information content (AvgIpc) is 1.94. The lowest BCUT2D eigenvalue weighted by molar-refractivity contribution is 0.761. The van der Waals surface area contributed by atoms with Gasteiger partial charge in [-0.2, -0.15) is 0 Å². The fraction of sp³-hybridized carbons (Fsp3) is 0.500. The van der Waals surface area contributed by atoms with Crippen LogP contribution in [0.4, 0.5) is 0 Å². The number of dihydropyridines is 1. The highest BCUT2D eigenvalue weighted by atomic mass is 14.9. The highest BCUT2D eigenvalue weighted by Crippen LogP contribution is 1.90. The summed E-state index contributed by atoms with van der Waals surface area (Å²) in [4.78, 5) is 0. The van der Waals surface area contributed by atoms with Gasteiger partial charge in [0.15, 0.2) is 0 Å². The first-order valence-electron chi connectivity index (χ1n) is 3.49. The molecule has 1 unspecified atom stereocenters. The molecule has 0 aromatic rings. The van der Waals surface area contributed by atoms with Gasteiger partial charge in [-0.15, -0.1) is 0 Å². The molecule has 1 atom stereocenters. The van der Waals surface area contributed by atoms with Crippen molar-refractivity contribution >= 4 is 0 Å². The zero-order valence-electron chi connectivity index (χ0n) is 6.39. The lowest BCUT2D eigenvalue weighted by atomic mass is 10.2. The summed E-state index contributed by atoms with van der Waals surface area (Å²) >= 11 is 0. The predicted octanol–water partition coefficient (Wildman–Crippen LogP) is 2.07. The summed E-state index contributed by atoms with van der Waals surface area (Å²) in [6.45, 7) is 6.11. The van der Waals surface area contributed by atoms with Crippen molar-refractivity contribution in [3.05, 3.63) is 24.4 Å². The van der Waals surface area contributed by atoms with E-state index in [1.54, 1.807) is 0 Å². The van der Waals surface area contributed by atoms with E-state index in [0.29, 0.717) is 6.04 Å². The van der Waals surface area contributed by atoms with Crippen LogP contribution in [-0.4, -0.2) is 6.04 Å². The van der Waals surface area contributed by atoms with E-state index in [4.69, 9.17) is 0 Å². The van der Waals surface area contributed by atoms with Crippen molar-refractivity contribution in [2.75, 3.05) is 0 Å². The number of allylic oxidation sites excluding steroid dienone is 2. The van der Waals surface area contributed by atoms with Gasteiger partial charge in [-0.05, 0) is 19.2 Å². The van der Waals surface area contributed by atoms with Crippen LogP contribution in [-0.2, 0) is 0 Å². The SMILES string of the molecule is CC.CC1C=CC=CN1. The average molecular weight is 125 g/mol. The highest BCUT2D eigenvalue weighted by Gasteiger charge is 1.90. The van der Waals surface area contributed by atoms with Crippen molar-refractivity contribution in [3.8, 4) is 0 Å². The van der Waals surface area contributed by atoms with Gasteiger partial charge in [-0.25, -0.2) is 0 Å². The Morgan fingerprint density at radius 3 is 2.11 bits per heavy atom. The number of hydrogen-bond donors (Lipinski definition) is 1. The van der Waals surface area contributed by atoms with E-state index < -0.39 is 0 Å². The Hall–Kier alpha value is -0.720. The van der Waals surface area contributed by atoms with Gasteiger partial charge in [0, 0.05) is 6.04 Å². The molecule has 1 aliphatic rings. The molecule has 1 heterocycles. The van der Waals surface area contributed by atoms with Crippen LogP contribution in [0.25, 0.3) is 0 Å². The van der Waals surface area contributed by atoms with Gasteiger partial charge >= 0.3 is 0 Å². The summed E-state index contributed by atoms with van der Waals surface area (Å²) in [5.41, 5.74) is 0. The van der Waals surface area contributed by atoms with Gasteiger partial charge < -0.3 is 5.32 Å². The summed E-state index contributed by atoms with van der Waals surface area (Å²) in [6, 6.07) is 0.519. The monoisotopic (exact) mass is 125 g/mol. The Labute approximate surface area is 57.5 Å². The summed E-state index contributed by atoms with van der Waals surface area (Å²) in [5.74, 6) is 0. The number of nitrogens with one attached hydrogen (secondary N) is 1. The smallest absolute Gasteiger partial charge is 0.0413 e. The molecule has 9 heavy (non-hydrogen) atoms. The number of rotatable bonds is 0. The Kier molecular flexibility index (Phi) is 4.98. The summed E-state index contributed by atoms with van der Waals surface area (Å²) in [6.07, 6.45) is 8.09. The van der Waals surface area contributed by atoms with E-state index >= 15 is 0 Å². The molecule has 52 valence electrons. The maximum Gasteiger partial charge on any atom is 0.0413 e. The first-order valence-corrected chi connectivity index (χ1v) is 3.49. The Bertz CT molecular complexity index is 103. The second-order valence-electron chi connectivity index (χ2n) is 1.70. The lowest BCUT2D eigenvalue weighted by Gasteiger charge is -2.07. The minimum Gasteiger partial charge on any atom is -0.385 e. The van der Waals surface area contributed by atoms with E-state index in [2.05, 4.69) is 18.3 Å². The van der Waals surface area contributed by atoms with E-state index in [-0.39, 0.29) is 0 Å². The van der Waals surface area contributed by atoms with Crippen LogP contribution in [0, 0.1) is 0 Å². The largest absolute Gasteiger partial charge is 0.385 e. The Morgan fingerprint density at radius 1 is 1.22 bits per heavy atom. The van der Waals surface area contributed by atoms with Crippen LogP contribution in [0.15, 0.2) is 24.4 Å². The molecule has 0 spiro atoms. The third-order valence-electron chi connectivity index (χ3n) is 0.966. The maximum atomic E-state index is 3.11. The zero-order chi connectivity index (χ0) is 7.11. The molecule has 0 aromatic carbocycles. The van der Waals surface area contributed by atoms with Crippen molar-refractivity contribution in [1.82, 2.24) is 5.32 Å². The molecule has 0 saturated carbocycles. The van der Waals surface area contributed by atoms with Gasteiger partial charge in [0.05, 0.1) is 0 Å². The molecule has 1 aliphatic heterocycles. The first-order chi connectivity index (χ1) is 4.39. The molecule has 0 amide bonds. The molecule has 0 aromatic heterocycles. The van der Waals surface area contributed by atoms with Gasteiger partial charge in [-0.3, -0.25) is 0 Å². The fourth-order valence-corrected chi connectivity index (χ4v) is 0.549. The van der Waals surface area contributed by atoms with E-state index in [0.717, 1.165) is 0 Å². The molecule has 0 bridgehead atoms. The standard InChI is InChI=1S/C6H9N.C2H6/c1-6-4-2-3-5-7-6;1-2/h2-7H,1H3;1-2H3.